The van der Waals surface area contributed by atoms with E-state index in [0.717, 1.165) is 25.9 Å². The summed E-state index contributed by atoms with van der Waals surface area (Å²) in [6.45, 7) is 15.3. The zero-order chi connectivity index (χ0) is 19.1. The number of hydrogen-bond acceptors (Lipinski definition) is 1. The molecular weight excluding hydrogens is 318 g/mol. The van der Waals surface area contributed by atoms with Crippen LogP contribution in [0.15, 0.2) is 23.3 Å². The first-order chi connectivity index (χ1) is 12.3. The minimum Gasteiger partial charge on any atom is -0.343 e. The highest BCUT2D eigenvalue weighted by atomic mass is 16.2. The minimum atomic E-state index is -0.191. The summed E-state index contributed by atoms with van der Waals surface area (Å²) < 4.78 is 0. The highest BCUT2D eigenvalue weighted by Gasteiger charge is 2.57. The van der Waals surface area contributed by atoms with Gasteiger partial charge in [-0.3, -0.25) is 4.79 Å². The van der Waals surface area contributed by atoms with Crippen LogP contribution in [0.3, 0.4) is 0 Å². The molecule has 1 fully saturated rings. The normalized spacial score (nSPS) is 36.7. The maximum Gasteiger partial charge on any atom is 0.228 e. The van der Waals surface area contributed by atoms with Crippen LogP contribution in [0.5, 0.6) is 0 Å². The molecule has 0 bridgehead atoms. The van der Waals surface area contributed by atoms with Gasteiger partial charge in [0.2, 0.25) is 5.91 Å². The largest absolute Gasteiger partial charge is 0.343 e. The molecule has 0 saturated heterocycles. The van der Waals surface area contributed by atoms with E-state index in [9.17, 15) is 4.79 Å². The van der Waals surface area contributed by atoms with Gasteiger partial charge in [0.05, 0.1) is 5.41 Å². The molecule has 0 aromatic carbocycles. The summed E-state index contributed by atoms with van der Waals surface area (Å²) in [4.78, 5) is 15.5. The fraction of sp³-hybridized carbons (Fsp3) is 0.792. The maximum atomic E-state index is 13.5. The van der Waals surface area contributed by atoms with Crippen molar-refractivity contribution in [3.8, 4) is 0 Å². The SMILES string of the molecule is CCN(CC)C(=O)C1(C)CCCC2(C)C3CCC(C(C)C)=CC3=CCC12. The van der Waals surface area contributed by atoms with Crippen LogP contribution in [0.4, 0.5) is 0 Å². The van der Waals surface area contributed by atoms with E-state index in [1.807, 2.05) is 0 Å². The van der Waals surface area contributed by atoms with Crippen molar-refractivity contribution in [3.05, 3.63) is 23.3 Å². The van der Waals surface area contributed by atoms with Crippen LogP contribution in [0.25, 0.3) is 0 Å². The second-order valence-corrected chi connectivity index (χ2v) is 9.71. The minimum absolute atomic E-state index is 0.191. The average Bonchev–Trinajstić information content (AvgIpc) is 2.62. The van der Waals surface area contributed by atoms with Crippen molar-refractivity contribution in [1.82, 2.24) is 4.90 Å². The van der Waals surface area contributed by atoms with E-state index in [-0.39, 0.29) is 10.8 Å². The molecule has 3 aliphatic carbocycles. The quantitative estimate of drug-likeness (QED) is 0.605. The zero-order valence-electron chi connectivity index (χ0n) is 17.9. The van der Waals surface area contributed by atoms with Crippen LogP contribution in [0.2, 0.25) is 0 Å². The Morgan fingerprint density at radius 2 is 1.92 bits per heavy atom. The molecule has 0 radical (unpaired) electrons. The molecule has 2 nitrogen and oxygen atoms in total. The average molecular weight is 358 g/mol. The lowest BCUT2D eigenvalue weighted by Crippen LogP contribution is -2.56. The van der Waals surface area contributed by atoms with Gasteiger partial charge in [-0.25, -0.2) is 0 Å². The molecule has 3 rings (SSSR count). The van der Waals surface area contributed by atoms with Crippen molar-refractivity contribution in [2.45, 2.75) is 80.1 Å². The number of nitrogens with zero attached hydrogens (tertiary/aromatic N) is 1. The maximum absolute atomic E-state index is 13.5. The molecule has 2 heteroatoms. The monoisotopic (exact) mass is 357 g/mol. The van der Waals surface area contributed by atoms with E-state index < -0.39 is 0 Å². The summed E-state index contributed by atoms with van der Waals surface area (Å²) in [5, 5.41) is 0. The van der Waals surface area contributed by atoms with Gasteiger partial charge in [-0.15, -0.1) is 0 Å². The van der Waals surface area contributed by atoms with Crippen LogP contribution in [0, 0.1) is 28.6 Å². The predicted octanol–water partition coefficient (Wildman–Crippen LogP) is 5.99. The highest BCUT2D eigenvalue weighted by molar-refractivity contribution is 5.83. The second-order valence-electron chi connectivity index (χ2n) is 9.71. The van der Waals surface area contributed by atoms with E-state index in [4.69, 9.17) is 0 Å². The Hall–Kier alpha value is -1.05. The van der Waals surface area contributed by atoms with E-state index in [2.05, 4.69) is 58.6 Å². The molecule has 1 amide bonds. The molecule has 1 saturated carbocycles. The molecule has 146 valence electrons. The Morgan fingerprint density at radius 1 is 1.23 bits per heavy atom. The topological polar surface area (TPSA) is 20.3 Å². The summed E-state index contributed by atoms with van der Waals surface area (Å²) in [5.41, 5.74) is 3.28. The third kappa shape index (κ3) is 2.98. The summed E-state index contributed by atoms with van der Waals surface area (Å²) in [6.07, 6.45) is 12.1. The Labute approximate surface area is 161 Å². The van der Waals surface area contributed by atoms with Gasteiger partial charge in [0.15, 0.2) is 0 Å². The zero-order valence-corrected chi connectivity index (χ0v) is 17.9. The Kier molecular flexibility index (Phi) is 5.43. The first-order valence-corrected chi connectivity index (χ1v) is 11.0. The van der Waals surface area contributed by atoms with Gasteiger partial charge in [-0.1, -0.05) is 51.8 Å². The van der Waals surface area contributed by atoms with Gasteiger partial charge in [0, 0.05) is 13.1 Å². The van der Waals surface area contributed by atoms with Gasteiger partial charge in [-0.05, 0) is 74.7 Å². The number of rotatable bonds is 4. The second kappa shape index (κ2) is 7.17. The summed E-state index contributed by atoms with van der Waals surface area (Å²) in [5.74, 6) is 2.19. The van der Waals surface area contributed by atoms with E-state index in [1.165, 1.54) is 25.7 Å². The molecular formula is C24H39NO. The number of amides is 1. The van der Waals surface area contributed by atoms with Crippen molar-refractivity contribution in [3.63, 3.8) is 0 Å². The Bertz CT molecular complexity index is 612. The van der Waals surface area contributed by atoms with Crippen LogP contribution in [0.1, 0.15) is 80.1 Å². The van der Waals surface area contributed by atoms with Crippen LogP contribution >= 0.6 is 0 Å². The van der Waals surface area contributed by atoms with Gasteiger partial charge in [0.25, 0.3) is 0 Å². The van der Waals surface area contributed by atoms with Crippen molar-refractivity contribution < 1.29 is 4.79 Å². The summed E-state index contributed by atoms with van der Waals surface area (Å²) in [7, 11) is 0. The Morgan fingerprint density at radius 3 is 2.54 bits per heavy atom. The van der Waals surface area contributed by atoms with Gasteiger partial charge < -0.3 is 4.90 Å². The number of hydrogen-bond donors (Lipinski definition) is 0. The molecule has 4 unspecified atom stereocenters. The van der Waals surface area contributed by atoms with Crippen molar-refractivity contribution in [2.24, 2.45) is 28.6 Å². The fourth-order valence-corrected chi connectivity index (χ4v) is 6.47. The summed E-state index contributed by atoms with van der Waals surface area (Å²) >= 11 is 0. The molecule has 3 aliphatic rings. The first-order valence-electron chi connectivity index (χ1n) is 11.0. The van der Waals surface area contributed by atoms with Crippen molar-refractivity contribution in [1.29, 1.82) is 0 Å². The van der Waals surface area contributed by atoms with Gasteiger partial charge in [-0.2, -0.15) is 0 Å². The third-order valence-electron chi connectivity index (χ3n) is 8.12. The standard InChI is InChI=1S/C24H39NO/c1-7-25(8-2)22(26)24(6)15-9-14-23(5)20-12-10-18(17(3)4)16-19(20)11-13-21(23)24/h11,16-17,20-21H,7-10,12-15H2,1-6H3. The van der Waals surface area contributed by atoms with Crippen LogP contribution in [-0.2, 0) is 4.79 Å². The third-order valence-corrected chi connectivity index (χ3v) is 8.12. The molecule has 0 aromatic rings. The Balaban J connectivity index is 1.96. The molecule has 0 heterocycles. The smallest absolute Gasteiger partial charge is 0.228 e. The van der Waals surface area contributed by atoms with Crippen LogP contribution < -0.4 is 0 Å². The summed E-state index contributed by atoms with van der Waals surface area (Å²) in [6, 6.07) is 0. The van der Waals surface area contributed by atoms with E-state index in [0.29, 0.717) is 23.7 Å². The fourth-order valence-electron chi connectivity index (χ4n) is 6.47. The van der Waals surface area contributed by atoms with Gasteiger partial charge in [0.1, 0.15) is 0 Å². The number of allylic oxidation sites excluding steroid dienone is 4. The lowest BCUT2D eigenvalue weighted by atomic mass is 9.46. The highest BCUT2D eigenvalue weighted by Crippen LogP contribution is 2.62. The molecule has 26 heavy (non-hydrogen) atoms. The predicted molar refractivity (Wildman–Crippen MR) is 110 cm³/mol. The van der Waals surface area contributed by atoms with E-state index in [1.54, 1.807) is 11.1 Å². The first kappa shape index (κ1) is 19.7. The number of carbonyl (C=O) groups is 1. The van der Waals surface area contributed by atoms with E-state index >= 15 is 0 Å². The van der Waals surface area contributed by atoms with Crippen molar-refractivity contribution in [2.75, 3.05) is 13.1 Å². The van der Waals surface area contributed by atoms with Gasteiger partial charge >= 0.3 is 0 Å². The lowest BCUT2D eigenvalue weighted by molar-refractivity contribution is -0.155. The van der Waals surface area contributed by atoms with Crippen LogP contribution in [-0.4, -0.2) is 23.9 Å². The molecule has 0 aromatic heterocycles. The molecule has 0 aliphatic heterocycles. The number of fused-ring (bicyclic) bond motifs is 3. The number of carbonyl (C=O) groups excluding carboxylic acids is 1. The molecule has 0 N–H and O–H groups in total. The molecule has 4 atom stereocenters. The lowest BCUT2D eigenvalue weighted by Gasteiger charge is -2.58. The molecule has 0 spiro atoms. The van der Waals surface area contributed by atoms with Crippen molar-refractivity contribution >= 4 is 5.91 Å².